The Labute approximate surface area is 95.8 Å². The molecule has 0 aromatic heterocycles. The lowest BCUT2D eigenvalue weighted by Gasteiger charge is -2.21. The van der Waals surface area contributed by atoms with E-state index < -0.39 is 5.79 Å². The Morgan fingerprint density at radius 3 is 2.44 bits per heavy atom. The fourth-order valence-electron chi connectivity index (χ4n) is 2.07. The average Bonchev–Trinajstić information content (AvgIpc) is 2.53. The summed E-state index contributed by atoms with van der Waals surface area (Å²) in [5.74, 6) is -0.527. The maximum Gasteiger partial charge on any atom is 0.182 e. The van der Waals surface area contributed by atoms with Crippen molar-refractivity contribution in [3.8, 4) is 0 Å². The van der Waals surface area contributed by atoms with Gasteiger partial charge in [-0.15, -0.1) is 0 Å². The van der Waals surface area contributed by atoms with Gasteiger partial charge in [-0.3, -0.25) is 0 Å². The summed E-state index contributed by atoms with van der Waals surface area (Å²) in [6.45, 7) is 3.83. The van der Waals surface area contributed by atoms with Crippen LogP contribution in [0.3, 0.4) is 0 Å². The summed E-state index contributed by atoms with van der Waals surface area (Å²) >= 11 is 0. The fourth-order valence-corrected chi connectivity index (χ4v) is 2.07. The van der Waals surface area contributed by atoms with Gasteiger partial charge in [0, 0.05) is 19.8 Å². The number of fused-ring (bicyclic) bond motifs is 1. The zero-order valence-electron chi connectivity index (χ0n) is 10.1. The van der Waals surface area contributed by atoms with Gasteiger partial charge in [-0.2, -0.15) is 0 Å². The van der Waals surface area contributed by atoms with Crippen molar-refractivity contribution in [3.05, 3.63) is 23.8 Å². The fraction of sp³-hybridized carbons (Fsp3) is 0.667. The minimum Gasteiger partial charge on any atom is -0.352 e. The first-order valence-electron chi connectivity index (χ1n) is 5.37. The molecule has 2 rings (SSSR count). The maximum atomic E-state index is 5.76. The van der Waals surface area contributed by atoms with Gasteiger partial charge in [0.15, 0.2) is 12.1 Å². The summed E-state index contributed by atoms with van der Waals surface area (Å²) in [6, 6.07) is 0. The van der Waals surface area contributed by atoms with Crippen LogP contribution in [0.2, 0.25) is 0 Å². The summed E-state index contributed by atoms with van der Waals surface area (Å²) in [5, 5.41) is 0. The summed E-state index contributed by atoms with van der Waals surface area (Å²) < 4.78 is 21.9. The molecule has 0 spiro atoms. The number of ether oxygens (including phenoxy) is 4. The van der Waals surface area contributed by atoms with Crippen molar-refractivity contribution in [2.24, 2.45) is 0 Å². The standard InChI is InChI=1S/C12H18O4/c1-12(2)15-9-6-5-8(7-10(9)16-12)11(13-3)14-4/h5-7,9-11H,1-4H3/t9-,10+/m0/s1. The lowest BCUT2D eigenvalue weighted by atomic mass is 10.0. The molecule has 0 saturated carbocycles. The van der Waals surface area contributed by atoms with Crippen molar-refractivity contribution in [2.75, 3.05) is 14.2 Å². The molecule has 2 aliphatic rings. The Balaban J connectivity index is 2.13. The largest absolute Gasteiger partial charge is 0.352 e. The van der Waals surface area contributed by atoms with Gasteiger partial charge in [-0.05, 0) is 19.9 Å². The van der Waals surface area contributed by atoms with E-state index >= 15 is 0 Å². The molecule has 1 heterocycles. The summed E-state index contributed by atoms with van der Waals surface area (Å²) in [4.78, 5) is 0. The van der Waals surface area contributed by atoms with E-state index in [9.17, 15) is 0 Å². The van der Waals surface area contributed by atoms with Crippen molar-refractivity contribution >= 4 is 0 Å². The monoisotopic (exact) mass is 226 g/mol. The molecule has 0 N–H and O–H groups in total. The second kappa shape index (κ2) is 4.30. The van der Waals surface area contributed by atoms with Crippen LogP contribution in [-0.4, -0.2) is 38.5 Å². The minimum absolute atomic E-state index is 0.00638. The molecule has 0 unspecified atom stereocenters. The molecule has 0 amide bonds. The predicted octanol–water partition coefficient (Wildman–Crippen LogP) is 1.62. The molecule has 1 aliphatic carbocycles. The van der Waals surface area contributed by atoms with Gasteiger partial charge in [0.1, 0.15) is 12.2 Å². The van der Waals surface area contributed by atoms with Crippen LogP contribution in [-0.2, 0) is 18.9 Å². The van der Waals surface area contributed by atoms with Crippen LogP contribution in [0, 0.1) is 0 Å². The predicted molar refractivity (Wildman–Crippen MR) is 58.9 cm³/mol. The number of rotatable bonds is 3. The van der Waals surface area contributed by atoms with E-state index in [0.717, 1.165) is 5.57 Å². The molecule has 2 atom stereocenters. The van der Waals surface area contributed by atoms with E-state index in [-0.39, 0.29) is 18.5 Å². The molecular weight excluding hydrogens is 208 g/mol. The first kappa shape index (κ1) is 11.8. The van der Waals surface area contributed by atoms with Crippen molar-refractivity contribution in [1.29, 1.82) is 0 Å². The van der Waals surface area contributed by atoms with Crippen molar-refractivity contribution in [1.82, 2.24) is 0 Å². The second-order valence-corrected chi connectivity index (χ2v) is 4.39. The third-order valence-electron chi connectivity index (χ3n) is 2.70. The Morgan fingerprint density at radius 2 is 1.81 bits per heavy atom. The van der Waals surface area contributed by atoms with Crippen LogP contribution in [0.15, 0.2) is 23.8 Å². The van der Waals surface area contributed by atoms with Crippen molar-refractivity contribution in [3.63, 3.8) is 0 Å². The van der Waals surface area contributed by atoms with Gasteiger partial charge in [0.05, 0.1) is 0 Å². The molecule has 16 heavy (non-hydrogen) atoms. The Hall–Kier alpha value is -0.680. The molecule has 4 heteroatoms. The molecular formula is C12H18O4. The Morgan fingerprint density at radius 1 is 1.19 bits per heavy atom. The topological polar surface area (TPSA) is 36.9 Å². The van der Waals surface area contributed by atoms with Gasteiger partial charge < -0.3 is 18.9 Å². The first-order valence-corrected chi connectivity index (χ1v) is 5.37. The van der Waals surface area contributed by atoms with Crippen molar-refractivity contribution in [2.45, 2.75) is 38.1 Å². The average molecular weight is 226 g/mol. The van der Waals surface area contributed by atoms with E-state index in [1.165, 1.54) is 0 Å². The lowest BCUT2D eigenvalue weighted by Crippen LogP contribution is -2.25. The van der Waals surface area contributed by atoms with E-state index in [4.69, 9.17) is 18.9 Å². The number of hydrogen-bond donors (Lipinski definition) is 0. The molecule has 0 radical (unpaired) electrons. The molecule has 1 fully saturated rings. The summed E-state index contributed by atoms with van der Waals surface area (Å²) in [6.07, 6.45) is 5.54. The van der Waals surface area contributed by atoms with E-state index in [1.54, 1.807) is 14.2 Å². The quantitative estimate of drug-likeness (QED) is 0.685. The SMILES string of the molecule is COC(OC)C1=C[C@H]2OC(C)(C)O[C@H]2C=C1. The van der Waals surface area contributed by atoms with E-state index in [2.05, 4.69) is 0 Å². The lowest BCUT2D eigenvalue weighted by molar-refractivity contribution is -0.139. The molecule has 1 aliphatic heterocycles. The highest BCUT2D eigenvalue weighted by Gasteiger charge is 2.40. The first-order chi connectivity index (χ1) is 7.55. The minimum atomic E-state index is -0.527. The third kappa shape index (κ3) is 2.20. The highest BCUT2D eigenvalue weighted by atomic mass is 16.7. The summed E-state index contributed by atoms with van der Waals surface area (Å²) in [7, 11) is 3.23. The second-order valence-electron chi connectivity index (χ2n) is 4.39. The zero-order chi connectivity index (χ0) is 11.8. The normalized spacial score (nSPS) is 31.7. The highest BCUT2D eigenvalue weighted by Crippen LogP contribution is 2.33. The van der Waals surface area contributed by atoms with Gasteiger partial charge in [-0.1, -0.05) is 12.2 Å². The van der Waals surface area contributed by atoms with Crippen LogP contribution >= 0.6 is 0 Å². The van der Waals surface area contributed by atoms with Gasteiger partial charge >= 0.3 is 0 Å². The molecule has 0 aromatic carbocycles. The smallest absolute Gasteiger partial charge is 0.182 e. The molecule has 0 bridgehead atoms. The van der Waals surface area contributed by atoms with Crippen LogP contribution in [0.25, 0.3) is 0 Å². The van der Waals surface area contributed by atoms with E-state index in [0.29, 0.717) is 0 Å². The number of methoxy groups -OCH3 is 2. The van der Waals surface area contributed by atoms with Crippen molar-refractivity contribution < 1.29 is 18.9 Å². The Kier molecular flexibility index (Phi) is 3.17. The van der Waals surface area contributed by atoms with Gasteiger partial charge in [-0.25, -0.2) is 0 Å². The number of hydrogen-bond acceptors (Lipinski definition) is 4. The van der Waals surface area contributed by atoms with Crippen LogP contribution in [0.5, 0.6) is 0 Å². The molecule has 4 nitrogen and oxygen atoms in total. The summed E-state index contributed by atoms with van der Waals surface area (Å²) in [5.41, 5.74) is 0.965. The van der Waals surface area contributed by atoms with E-state index in [1.807, 2.05) is 32.1 Å². The molecule has 90 valence electrons. The van der Waals surface area contributed by atoms with Crippen LogP contribution < -0.4 is 0 Å². The third-order valence-corrected chi connectivity index (χ3v) is 2.70. The zero-order valence-corrected chi connectivity index (χ0v) is 10.1. The van der Waals surface area contributed by atoms with Crippen LogP contribution in [0.1, 0.15) is 13.8 Å². The van der Waals surface area contributed by atoms with Crippen LogP contribution in [0.4, 0.5) is 0 Å². The van der Waals surface area contributed by atoms with Gasteiger partial charge in [0.2, 0.25) is 0 Å². The maximum absolute atomic E-state index is 5.76. The van der Waals surface area contributed by atoms with Gasteiger partial charge in [0.25, 0.3) is 0 Å². The molecule has 0 aromatic rings. The highest BCUT2D eigenvalue weighted by molar-refractivity contribution is 5.30. The molecule has 1 saturated heterocycles. The Bertz CT molecular complexity index is 315.